The highest BCUT2D eigenvalue weighted by Crippen LogP contribution is 2.16. The van der Waals surface area contributed by atoms with Gasteiger partial charge in [-0.3, -0.25) is 4.79 Å². The maximum atomic E-state index is 11.2. The van der Waals surface area contributed by atoms with Crippen LogP contribution in [0.15, 0.2) is 6.07 Å². The van der Waals surface area contributed by atoms with E-state index in [1.807, 2.05) is 4.90 Å². The van der Waals surface area contributed by atoms with Crippen molar-refractivity contribution in [1.82, 2.24) is 15.3 Å². The molecule has 0 bridgehead atoms. The summed E-state index contributed by atoms with van der Waals surface area (Å²) in [5, 5.41) is 2.73. The second-order valence-electron chi connectivity index (χ2n) is 3.39. The van der Waals surface area contributed by atoms with Crippen LogP contribution in [0.25, 0.3) is 0 Å². The molecule has 2 rings (SSSR count). The molecule has 1 aromatic heterocycles. The molecule has 1 aromatic rings. The van der Waals surface area contributed by atoms with Crippen molar-refractivity contribution in [1.29, 1.82) is 0 Å². The fraction of sp³-hybridized carbons (Fsp3) is 0.375. The number of hydrazine groups is 1. The van der Waals surface area contributed by atoms with Crippen LogP contribution in [0.1, 0.15) is 0 Å². The van der Waals surface area contributed by atoms with Gasteiger partial charge in [0.05, 0.1) is 6.54 Å². The number of nitrogen functional groups attached to an aromatic ring is 2. The molecule has 1 saturated heterocycles. The number of nitrogens with one attached hydrogen (secondary N) is 2. The van der Waals surface area contributed by atoms with Crippen molar-refractivity contribution >= 4 is 23.5 Å². The van der Waals surface area contributed by atoms with Crippen molar-refractivity contribution < 1.29 is 4.79 Å². The molecule has 86 valence electrons. The maximum absolute atomic E-state index is 11.2. The monoisotopic (exact) mass is 223 g/mol. The number of aromatic nitrogens is 2. The van der Waals surface area contributed by atoms with Gasteiger partial charge in [-0.15, -0.1) is 0 Å². The number of rotatable bonds is 2. The molecule has 0 saturated carbocycles. The van der Waals surface area contributed by atoms with Crippen LogP contribution in [-0.4, -0.2) is 35.5 Å². The Morgan fingerprint density at radius 2 is 2.31 bits per heavy atom. The molecular formula is C8H13N7O. The number of carbonyl (C=O) groups is 1. The third kappa shape index (κ3) is 2.11. The van der Waals surface area contributed by atoms with E-state index in [1.54, 1.807) is 6.07 Å². The lowest BCUT2D eigenvalue weighted by Crippen LogP contribution is -2.48. The van der Waals surface area contributed by atoms with Gasteiger partial charge in [0, 0.05) is 19.2 Å². The van der Waals surface area contributed by atoms with E-state index in [4.69, 9.17) is 11.6 Å². The first-order valence-corrected chi connectivity index (χ1v) is 4.82. The molecule has 8 nitrogen and oxygen atoms in total. The first-order chi connectivity index (χ1) is 7.69. The highest BCUT2D eigenvalue weighted by Gasteiger charge is 2.18. The number of carbonyl (C=O) groups excluding carboxylic acids is 1. The number of hydrogen-bond acceptors (Lipinski definition) is 7. The average molecular weight is 223 g/mol. The van der Waals surface area contributed by atoms with Crippen LogP contribution in [0.4, 0.5) is 17.6 Å². The molecule has 16 heavy (non-hydrogen) atoms. The van der Waals surface area contributed by atoms with Gasteiger partial charge in [-0.25, -0.2) is 5.84 Å². The topological polar surface area (TPSA) is 122 Å². The summed E-state index contributed by atoms with van der Waals surface area (Å²) in [5.74, 6) is 6.35. The van der Waals surface area contributed by atoms with Crippen LogP contribution in [0, 0.1) is 0 Å². The van der Waals surface area contributed by atoms with Crippen molar-refractivity contribution in [2.24, 2.45) is 5.84 Å². The van der Waals surface area contributed by atoms with E-state index in [2.05, 4.69) is 20.7 Å². The smallest absolute Gasteiger partial charge is 0.239 e. The van der Waals surface area contributed by atoms with Crippen LogP contribution in [0.2, 0.25) is 0 Å². The number of amides is 1. The molecule has 2 heterocycles. The average Bonchev–Trinajstić information content (AvgIpc) is 2.28. The molecule has 0 spiro atoms. The maximum Gasteiger partial charge on any atom is 0.239 e. The van der Waals surface area contributed by atoms with Crippen LogP contribution < -0.4 is 27.2 Å². The van der Waals surface area contributed by atoms with Crippen molar-refractivity contribution in [2.75, 3.05) is 35.7 Å². The molecule has 6 N–H and O–H groups in total. The zero-order valence-corrected chi connectivity index (χ0v) is 8.60. The molecule has 0 aromatic carbocycles. The predicted molar refractivity (Wildman–Crippen MR) is 59.5 cm³/mol. The molecule has 1 amide bonds. The Hall–Kier alpha value is -2.09. The summed E-state index contributed by atoms with van der Waals surface area (Å²) in [4.78, 5) is 21.0. The van der Waals surface area contributed by atoms with E-state index in [-0.39, 0.29) is 18.4 Å². The van der Waals surface area contributed by atoms with Crippen LogP contribution in [0.3, 0.4) is 0 Å². The molecule has 8 heteroatoms. The van der Waals surface area contributed by atoms with Gasteiger partial charge >= 0.3 is 0 Å². The van der Waals surface area contributed by atoms with E-state index < -0.39 is 0 Å². The second kappa shape index (κ2) is 4.19. The molecular weight excluding hydrogens is 210 g/mol. The Morgan fingerprint density at radius 3 is 3.00 bits per heavy atom. The fourth-order valence-corrected chi connectivity index (χ4v) is 1.52. The van der Waals surface area contributed by atoms with Crippen molar-refractivity contribution in [2.45, 2.75) is 0 Å². The van der Waals surface area contributed by atoms with Gasteiger partial charge in [0.15, 0.2) is 0 Å². The normalized spacial score (nSPS) is 15.8. The number of anilines is 3. The summed E-state index contributed by atoms with van der Waals surface area (Å²) in [6.07, 6.45) is 0. The van der Waals surface area contributed by atoms with E-state index >= 15 is 0 Å². The van der Waals surface area contributed by atoms with Crippen LogP contribution in [0.5, 0.6) is 0 Å². The highest BCUT2D eigenvalue weighted by atomic mass is 16.2. The summed E-state index contributed by atoms with van der Waals surface area (Å²) in [6, 6.07) is 1.65. The molecule has 0 atom stereocenters. The van der Waals surface area contributed by atoms with Gasteiger partial charge < -0.3 is 21.4 Å². The SMILES string of the molecule is NNc1cc(N2CCNC(=O)C2)nc(N)n1. The van der Waals surface area contributed by atoms with Crippen LogP contribution in [-0.2, 0) is 4.79 Å². The lowest BCUT2D eigenvalue weighted by molar-refractivity contribution is -0.120. The Labute approximate surface area is 92.0 Å². The quantitative estimate of drug-likeness (QED) is 0.347. The number of nitrogens with two attached hydrogens (primary N) is 2. The Balaban J connectivity index is 2.24. The molecule has 0 aliphatic carbocycles. The summed E-state index contributed by atoms with van der Waals surface area (Å²) < 4.78 is 0. The molecule has 1 aliphatic rings. The minimum Gasteiger partial charge on any atom is -0.368 e. The summed E-state index contributed by atoms with van der Waals surface area (Å²) in [7, 11) is 0. The summed E-state index contributed by atoms with van der Waals surface area (Å²) in [6.45, 7) is 1.54. The predicted octanol–water partition coefficient (Wildman–Crippen LogP) is -1.72. The first-order valence-electron chi connectivity index (χ1n) is 4.82. The van der Waals surface area contributed by atoms with E-state index in [1.165, 1.54) is 0 Å². The second-order valence-corrected chi connectivity index (χ2v) is 3.39. The van der Waals surface area contributed by atoms with Gasteiger partial charge in [0.25, 0.3) is 0 Å². The van der Waals surface area contributed by atoms with Gasteiger partial charge in [0.1, 0.15) is 11.6 Å². The zero-order chi connectivity index (χ0) is 11.5. The minimum absolute atomic E-state index is 0.0364. The lowest BCUT2D eigenvalue weighted by Gasteiger charge is -2.27. The highest BCUT2D eigenvalue weighted by molar-refractivity contribution is 5.82. The van der Waals surface area contributed by atoms with E-state index in [0.29, 0.717) is 24.7 Å². The minimum atomic E-state index is -0.0364. The van der Waals surface area contributed by atoms with Crippen molar-refractivity contribution in [3.05, 3.63) is 6.07 Å². The van der Waals surface area contributed by atoms with Crippen molar-refractivity contribution in [3.8, 4) is 0 Å². The third-order valence-corrected chi connectivity index (χ3v) is 2.24. The zero-order valence-electron chi connectivity index (χ0n) is 8.60. The fourth-order valence-electron chi connectivity index (χ4n) is 1.52. The third-order valence-electron chi connectivity index (χ3n) is 2.24. The van der Waals surface area contributed by atoms with Gasteiger partial charge in [-0.2, -0.15) is 9.97 Å². The number of nitrogens with zero attached hydrogens (tertiary/aromatic N) is 3. The molecule has 1 fully saturated rings. The van der Waals surface area contributed by atoms with Gasteiger partial charge in [-0.1, -0.05) is 0 Å². The van der Waals surface area contributed by atoms with E-state index in [9.17, 15) is 4.79 Å². The standard InChI is InChI=1S/C8H13N7O/c9-8-12-5(14-10)3-6(13-8)15-2-1-11-7(16)4-15/h3H,1-2,4,10H2,(H,11,16)(H3,9,12,13,14). The van der Waals surface area contributed by atoms with Crippen molar-refractivity contribution in [3.63, 3.8) is 0 Å². The number of piperazine rings is 1. The Morgan fingerprint density at radius 1 is 1.50 bits per heavy atom. The Kier molecular flexibility index (Phi) is 2.73. The summed E-state index contributed by atoms with van der Waals surface area (Å²) in [5.41, 5.74) is 7.93. The lowest BCUT2D eigenvalue weighted by atomic mass is 10.3. The van der Waals surface area contributed by atoms with E-state index in [0.717, 1.165) is 0 Å². The first kappa shape index (κ1) is 10.4. The van der Waals surface area contributed by atoms with Gasteiger partial charge in [0.2, 0.25) is 11.9 Å². The molecule has 0 unspecified atom stereocenters. The Bertz CT molecular complexity index is 407. The molecule has 0 radical (unpaired) electrons. The molecule has 1 aliphatic heterocycles. The summed E-state index contributed by atoms with van der Waals surface area (Å²) >= 11 is 0. The van der Waals surface area contributed by atoms with Crippen LogP contribution >= 0.6 is 0 Å². The largest absolute Gasteiger partial charge is 0.368 e. The number of hydrogen-bond donors (Lipinski definition) is 4. The van der Waals surface area contributed by atoms with Gasteiger partial charge in [-0.05, 0) is 0 Å².